The lowest BCUT2D eigenvalue weighted by Crippen LogP contribution is -2.40. The number of carbonyl (C=O) groups excluding carboxylic acids is 1. The van der Waals surface area contributed by atoms with Gasteiger partial charge in [-0.25, -0.2) is 9.79 Å². The van der Waals surface area contributed by atoms with E-state index in [0.717, 1.165) is 22.0 Å². The number of para-hydroxylation sites is 2. The normalized spacial score (nSPS) is 15.0. The van der Waals surface area contributed by atoms with E-state index in [9.17, 15) is 9.59 Å². The number of rotatable bonds is 7. The number of methoxy groups -OCH3 is 1. The summed E-state index contributed by atoms with van der Waals surface area (Å²) in [5, 5.41) is 1.72. The summed E-state index contributed by atoms with van der Waals surface area (Å²) in [6, 6.07) is 22.5. The maximum absolute atomic E-state index is 14.2. The quantitative estimate of drug-likeness (QED) is 0.233. The molecule has 0 spiro atoms. The topological polar surface area (TPSA) is 74.8 Å². The number of allylic oxidation sites excluding steroid dienone is 1. The lowest BCUT2D eigenvalue weighted by molar-refractivity contribution is -0.139. The van der Waals surface area contributed by atoms with E-state index in [0.29, 0.717) is 43.5 Å². The van der Waals surface area contributed by atoms with Gasteiger partial charge in [-0.1, -0.05) is 77.5 Å². The van der Waals surface area contributed by atoms with Crippen molar-refractivity contribution in [3.8, 4) is 5.75 Å². The van der Waals surface area contributed by atoms with Crippen molar-refractivity contribution in [2.75, 3.05) is 13.7 Å². The molecule has 212 valence electrons. The van der Waals surface area contributed by atoms with Gasteiger partial charge in [0, 0.05) is 39.8 Å². The highest BCUT2D eigenvalue weighted by Crippen LogP contribution is 2.35. The second-order valence-corrected chi connectivity index (χ2v) is 11.3. The number of halogens is 1. The third-order valence-corrected chi connectivity index (χ3v) is 8.71. The first-order valence-corrected chi connectivity index (χ1v) is 14.7. The highest BCUT2D eigenvalue weighted by atomic mass is 35.5. The van der Waals surface area contributed by atoms with Crippen LogP contribution in [0.4, 0.5) is 0 Å². The summed E-state index contributed by atoms with van der Waals surface area (Å²) in [6.07, 6.45) is 3.94. The van der Waals surface area contributed by atoms with E-state index in [1.165, 1.54) is 11.3 Å². The summed E-state index contributed by atoms with van der Waals surface area (Å²) < 4.78 is 15.3. The number of ether oxygens (including phenoxy) is 2. The number of nitrogens with zero attached hydrogens (tertiary/aromatic N) is 3. The summed E-state index contributed by atoms with van der Waals surface area (Å²) in [6.45, 7) is 4.32. The first-order valence-electron chi connectivity index (χ1n) is 13.5. The highest BCUT2D eigenvalue weighted by Gasteiger charge is 2.35. The Morgan fingerprint density at radius 3 is 2.60 bits per heavy atom. The number of fused-ring (bicyclic) bond motifs is 2. The minimum absolute atomic E-state index is 0.205. The van der Waals surface area contributed by atoms with Gasteiger partial charge in [0.15, 0.2) is 4.80 Å². The van der Waals surface area contributed by atoms with Crippen LogP contribution >= 0.6 is 22.9 Å². The molecule has 1 aliphatic heterocycles. The van der Waals surface area contributed by atoms with Crippen LogP contribution in [0, 0.1) is 0 Å². The van der Waals surface area contributed by atoms with Crippen molar-refractivity contribution in [1.29, 1.82) is 0 Å². The molecule has 3 heterocycles. The first-order chi connectivity index (χ1) is 20.4. The van der Waals surface area contributed by atoms with E-state index in [-0.39, 0.29) is 12.2 Å². The van der Waals surface area contributed by atoms with E-state index < -0.39 is 12.0 Å². The fourth-order valence-electron chi connectivity index (χ4n) is 5.45. The Morgan fingerprint density at radius 1 is 1.07 bits per heavy atom. The first kappa shape index (κ1) is 27.8. The van der Waals surface area contributed by atoms with Crippen LogP contribution in [0.15, 0.2) is 100 Å². The van der Waals surface area contributed by atoms with Crippen LogP contribution < -0.4 is 19.6 Å². The fraction of sp³-hybridized carbons (Fsp3) is 0.182. The van der Waals surface area contributed by atoms with Gasteiger partial charge in [0.25, 0.3) is 5.56 Å². The molecule has 0 amide bonds. The third-order valence-electron chi connectivity index (χ3n) is 7.36. The fourth-order valence-corrected chi connectivity index (χ4v) is 6.68. The van der Waals surface area contributed by atoms with Crippen molar-refractivity contribution < 1.29 is 14.3 Å². The molecule has 3 aromatic carbocycles. The Bertz CT molecular complexity index is 2050. The molecule has 0 saturated heterocycles. The number of thiazole rings is 1. The minimum atomic E-state index is -0.750. The number of benzene rings is 3. The second-order valence-electron chi connectivity index (χ2n) is 9.87. The molecule has 2 aromatic heterocycles. The zero-order valence-electron chi connectivity index (χ0n) is 23.3. The lowest BCUT2D eigenvalue weighted by Gasteiger charge is -2.25. The van der Waals surface area contributed by atoms with Crippen LogP contribution in [0.2, 0.25) is 5.02 Å². The molecular weight excluding hydrogens is 570 g/mol. The summed E-state index contributed by atoms with van der Waals surface area (Å²) in [4.78, 5) is 32.6. The van der Waals surface area contributed by atoms with Gasteiger partial charge < -0.3 is 14.0 Å². The van der Waals surface area contributed by atoms with Crippen LogP contribution in [-0.4, -0.2) is 28.8 Å². The van der Waals surface area contributed by atoms with Gasteiger partial charge in [-0.3, -0.25) is 9.36 Å². The molecule has 0 unspecified atom stereocenters. The van der Waals surface area contributed by atoms with Gasteiger partial charge in [-0.05, 0) is 43.7 Å². The molecule has 5 aromatic rings. The van der Waals surface area contributed by atoms with Crippen LogP contribution in [0.25, 0.3) is 17.0 Å². The number of hydrogen-bond acceptors (Lipinski definition) is 6. The third kappa shape index (κ3) is 4.86. The smallest absolute Gasteiger partial charge is 0.338 e. The van der Waals surface area contributed by atoms with Crippen molar-refractivity contribution in [2.24, 2.45) is 4.99 Å². The van der Waals surface area contributed by atoms with E-state index >= 15 is 0 Å². The maximum atomic E-state index is 14.2. The van der Waals surface area contributed by atoms with E-state index in [2.05, 4.69) is 10.6 Å². The van der Waals surface area contributed by atoms with Gasteiger partial charge in [-0.15, -0.1) is 0 Å². The molecule has 0 bridgehead atoms. The largest absolute Gasteiger partial charge is 0.496 e. The maximum Gasteiger partial charge on any atom is 0.338 e. The molecule has 0 fully saturated rings. The average Bonchev–Trinajstić information content (AvgIpc) is 3.49. The molecule has 42 heavy (non-hydrogen) atoms. The molecule has 0 aliphatic carbocycles. The van der Waals surface area contributed by atoms with E-state index in [1.807, 2.05) is 79.0 Å². The average molecular weight is 598 g/mol. The molecule has 0 radical (unpaired) electrons. The number of carbonyl (C=O) groups is 1. The van der Waals surface area contributed by atoms with Crippen molar-refractivity contribution in [1.82, 2.24) is 9.13 Å². The Kier molecular flexibility index (Phi) is 7.58. The molecule has 1 atom stereocenters. The van der Waals surface area contributed by atoms with E-state index in [1.54, 1.807) is 25.5 Å². The Labute approximate surface area is 251 Å². The summed E-state index contributed by atoms with van der Waals surface area (Å²) in [5.41, 5.74) is 4.20. The molecule has 1 aliphatic rings. The zero-order chi connectivity index (χ0) is 29.4. The van der Waals surface area contributed by atoms with Crippen LogP contribution in [-0.2, 0) is 16.1 Å². The summed E-state index contributed by atoms with van der Waals surface area (Å²) >= 11 is 7.77. The molecule has 7 nitrogen and oxygen atoms in total. The SMILES string of the molecule is CCOC(=O)C1=C(C)N=c2s/c(=C\c3cn(Cc4ccccc4Cl)c4ccccc34)c(=O)n2[C@@H]1c1ccccc1OC. The standard InChI is InChI=1S/C33H28ClN3O4S/c1-4-41-32(39)29-20(2)35-33-37(30(29)24-13-7-10-16-27(24)40-3)31(38)28(42-33)17-22-19-36(26-15-9-6-12-23(22)26)18-21-11-5-8-14-25(21)34/h5-17,19,30H,4,18H2,1-3H3/b28-17-/t30-/m1/s1. The van der Waals surface area contributed by atoms with Crippen LogP contribution in [0.1, 0.15) is 36.6 Å². The van der Waals surface area contributed by atoms with E-state index in [4.69, 9.17) is 26.1 Å². The molecule has 9 heteroatoms. The Hall–Kier alpha value is -4.40. The van der Waals surface area contributed by atoms with Crippen molar-refractivity contribution >= 4 is 45.9 Å². The number of esters is 1. The van der Waals surface area contributed by atoms with Crippen molar-refractivity contribution in [3.63, 3.8) is 0 Å². The Morgan fingerprint density at radius 2 is 1.81 bits per heavy atom. The van der Waals surface area contributed by atoms with Crippen molar-refractivity contribution in [3.05, 3.63) is 132 Å². The van der Waals surface area contributed by atoms with Gasteiger partial charge >= 0.3 is 5.97 Å². The van der Waals surface area contributed by atoms with Crippen LogP contribution in [0.3, 0.4) is 0 Å². The molecule has 0 N–H and O–H groups in total. The zero-order valence-corrected chi connectivity index (χ0v) is 24.9. The predicted molar refractivity (Wildman–Crippen MR) is 166 cm³/mol. The van der Waals surface area contributed by atoms with Crippen LogP contribution in [0.5, 0.6) is 5.75 Å². The van der Waals surface area contributed by atoms with Crippen molar-refractivity contribution in [2.45, 2.75) is 26.4 Å². The highest BCUT2D eigenvalue weighted by molar-refractivity contribution is 7.07. The number of aromatic nitrogens is 2. The van der Waals surface area contributed by atoms with Gasteiger partial charge in [-0.2, -0.15) is 0 Å². The van der Waals surface area contributed by atoms with Gasteiger partial charge in [0.05, 0.1) is 29.5 Å². The van der Waals surface area contributed by atoms with Gasteiger partial charge in [0.2, 0.25) is 0 Å². The monoisotopic (exact) mass is 597 g/mol. The molecule has 6 rings (SSSR count). The Balaban J connectivity index is 1.54. The molecular formula is C33H28ClN3O4S. The minimum Gasteiger partial charge on any atom is -0.496 e. The summed E-state index contributed by atoms with van der Waals surface area (Å²) in [5.74, 6) is 0.0581. The van der Waals surface area contributed by atoms with Gasteiger partial charge in [0.1, 0.15) is 11.8 Å². The number of hydrogen-bond donors (Lipinski definition) is 0. The second kappa shape index (κ2) is 11.5. The summed E-state index contributed by atoms with van der Waals surface area (Å²) in [7, 11) is 1.57. The lowest BCUT2D eigenvalue weighted by atomic mass is 9.95. The molecule has 0 saturated carbocycles. The predicted octanol–water partition coefficient (Wildman–Crippen LogP) is 5.46.